The number of carbonyl (C=O) groups excluding carboxylic acids is 2. The van der Waals surface area contributed by atoms with Crippen LogP contribution in [0.4, 0.5) is 0 Å². The highest BCUT2D eigenvalue weighted by atomic mass is 16.7. The van der Waals surface area contributed by atoms with Gasteiger partial charge in [-0.2, -0.15) is 0 Å². The number of hydrogen-bond donors (Lipinski definition) is 1. The third kappa shape index (κ3) is 5.75. The average molecular weight is 421 g/mol. The minimum atomic E-state index is -0.763. The number of hydrogen-bond acceptors (Lipinski definition) is 10. The Hall–Kier alpha value is -3.02. The summed E-state index contributed by atoms with van der Waals surface area (Å²) in [6, 6.07) is 2.97. The lowest BCUT2D eigenvalue weighted by molar-refractivity contribution is -0.200. The lowest BCUT2D eigenvalue weighted by Gasteiger charge is -2.31. The molecule has 11 heteroatoms. The molecule has 0 aliphatic carbocycles. The summed E-state index contributed by atoms with van der Waals surface area (Å²) in [6.07, 6.45) is 4.21. The number of aliphatic hydroxyl groups is 1. The molecule has 0 radical (unpaired) electrons. The van der Waals surface area contributed by atoms with Crippen molar-refractivity contribution in [3.05, 3.63) is 48.2 Å². The molecular weight excluding hydrogens is 398 g/mol. The van der Waals surface area contributed by atoms with Crippen molar-refractivity contribution in [1.82, 2.24) is 15.0 Å². The highest BCUT2D eigenvalue weighted by molar-refractivity contribution is 5.66. The van der Waals surface area contributed by atoms with Crippen molar-refractivity contribution in [1.29, 1.82) is 0 Å². The van der Waals surface area contributed by atoms with E-state index in [1.807, 2.05) is 0 Å². The molecule has 3 rings (SSSR count). The van der Waals surface area contributed by atoms with E-state index in [1.54, 1.807) is 30.5 Å². The van der Waals surface area contributed by atoms with E-state index < -0.39 is 36.5 Å². The maximum absolute atomic E-state index is 11.3. The Morgan fingerprint density at radius 2 is 2.13 bits per heavy atom. The van der Waals surface area contributed by atoms with Crippen LogP contribution in [-0.2, 0) is 35.1 Å². The predicted octanol–water partition coefficient (Wildman–Crippen LogP) is 0.745. The minimum Gasteiger partial charge on any atom is -0.467 e. The van der Waals surface area contributed by atoms with E-state index in [4.69, 9.17) is 23.4 Å². The van der Waals surface area contributed by atoms with Crippen molar-refractivity contribution in [3.8, 4) is 0 Å². The summed E-state index contributed by atoms with van der Waals surface area (Å²) in [5.41, 5.74) is 0.510. The van der Waals surface area contributed by atoms with Crippen LogP contribution < -0.4 is 0 Å². The molecule has 0 bridgehead atoms. The van der Waals surface area contributed by atoms with Gasteiger partial charge in [-0.15, -0.1) is 5.10 Å². The molecule has 0 fully saturated rings. The molecule has 0 unspecified atom stereocenters. The molecule has 1 N–H and O–H groups in total. The molecule has 0 aromatic carbocycles. The van der Waals surface area contributed by atoms with Gasteiger partial charge in [-0.3, -0.25) is 9.59 Å². The van der Waals surface area contributed by atoms with Crippen LogP contribution in [-0.4, -0.2) is 63.8 Å². The molecule has 1 aliphatic rings. The van der Waals surface area contributed by atoms with Gasteiger partial charge in [0.1, 0.15) is 36.3 Å². The summed E-state index contributed by atoms with van der Waals surface area (Å²) < 4.78 is 28.4. The van der Waals surface area contributed by atoms with Crippen molar-refractivity contribution in [3.63, 3.8) is 0 Å². The predicted molar refractivity (Wildman–Crippen MR) is 98.7 cm³/mol. The Kier molecular flexibility index (Phi) is 7.33. The van der Waals surface area contributed by atoms with Crippen molar-refractivity contribution >= 4 is 11.9 Å². The van der Waals surface area contributed by atoms with Gasteiger partial charge in [0.15, 0.2) is 6.29 Å². The van der Waals surface area contributed by atoms with Gasteiger partial charge in [0.05, 0.1) is 25.7 Å². The van der Waals surface area contributed by atoms with Crippen molar-refractivity contribution in [2.75, 3.05) is 13.2 Å². The molecule has 11 nitrogen and oxygen atoms in total. The maximum Gasteiger partial charge on any atom is 0.303 e. The van der Waals surface area contributed by atoms with Gasteiger partial charge in [0.25, 0.3) is 0 Å². The van der Waals surface area contributed by atoms with Gasteiger partial charge in [0.2, 0.25) is 0 Å². The van der Waals surface area contributed by atoms with Gasteiger partial charge >= 0.3 is 11.9 Å². The molecule has 0 saturated carbocycles. The summed E-state index contributed by atoms with van der Waals surface area (Å²) in [5, 5.41) is 17.7. The van der Waals surface area contributed by atoms with Gasteiger partial charge in [-0.05, 0) is 24.3 Å². The van der Waals surface area contributed by atoms with Crippen molar-refractivity contribution in [2.45, 2.75) is 45.0 Å². The number of esters is 2. The van der Waals surface area contributed by atoms with Crippen LogP contribution in [0.5, 0.6) is 0 Å². The number of nitrogens with zero attached hydrogens (tertiary/aromatic N) is 3. The van der Waals surface area contributed by atoms with Crippen LogP contribution in [0.25, 0.3) is 0 Å². The fourth-order valence-electron chi connectivity index (χ4n) is 2.84. The Morgan fingerprint density at radius 1 is 1.30 bits per heavy atom. The SMILES string of the molecule is CC(=O)OC[C@H]1O[C@H](OCc2cn([C@@H](CO)c3ccco3)nn2)C=C[C@H]1OC(C)=O. The van der Waals surface area contributed by atoms with E-state index >= 15 is 0 Å². The standard InChI is InChI=1S/C19H23N3O8/c1-12(24)27-11-18-17(29-13(2)25)5-6-19(30-18)28-10-14-8-22(21-20-14)15(9-23)16-4-3-7-26-16/h3-8,15,17-19,23H,9-11H2,1-2H3/t15-,17+,18+,19-/m0/s1. The zero-order valence-corrected chi connectivity index (χ0v) is 16.5. The molecule has 162 valence electrons. The molecule has 1 aliphatic heterocycles. The third-order valence-corrected chi connectivity index (χ3v) is 4.20. The second-order valence-electron chi connectivity index (χ2n) is 6.52. The van der Waals surface area contributed by atoms with Crippen LogP contribution in [0, 0.1) is 0 Å². The van der Waals surface area contributed by atoms with E-state index in [-0.39, 0.29) is 19.8 Å². The van der Waals surface area contributed by atoms with Crippen LogP contribution in [0.2, 0.25) is 0 Å². The zero-order chi connectivity index (χ0) is 21.5. The molecule has 3 heterocycles. The first kappa shape index (κ1) is 21.7. The van der Waals surface area contributed by atoms with Crippen LogP contribution in [0.1, 0.15) is 31.3 Å². The van der Waals surface area contributed by atoms with Gasteiger partial charge in [-0.25, -0.2) is 4.68 Å². The Morgan fingerprint density at radius 3 is 2.80 bits per heavy atom. The minimum absolute atomic E-state index is 0.0732. The first-order chi connectivity index (χ1) is 14.5. The van der Waals surface area contributed by atoms with Crippen LogP contribution >= 0.6 is 0 Å². The number of rotatable bonds is 9. The highest BCUT2D eigenvalue weighted by Crippen LogP contribution is 2.20. The smallest absolute Gasteiger partial charge is 0.303 e. The number of ether oxygens (including phenoxy) is 4. The molecule has 2 aromatic heterocycles. The molecule has 0 saturated heterocycles. The summed E-state index contributed by atoms with van der Waals surface area (Å²) in [5.74, 6) is -0.399. The second kappa shape index (κ2) is 10.1. The van der Waals surface area contributed by atoms with Crippen molar-refractivity contribution < 1.29 is 38.1 Å². The van der Waals surface area contributed by atoms with E-state index in [1.165, 1.54) is 24.8 Å². The lowest BCUT2D eigenvalue weighted by atomic mass is 10.1. The highest BCUT2D eigenvalue weighted by Gasteiger charge is 2.31. The third-order valence-electron chi connectivity index (χ3n) is 4.20. The van der Waals surface area contributed by atoms with E-state index in [9.17, 15) is 14.7 Å². The monoisotopic (exact) mass is 421 g/mol. The van der Waals surface area contributed by atoms with E-state index in [0.717, 1.165) is 0 Å². The normalized spacial score (nSPS) is 21.9. The molecular formula is C19H23N3O8. The fraction of sp³-hybridized carbons (Fsp3) is 0.474. The topological polar surface area (TPSA) is 135 Å². The first-order valence-electron chi connectivity index (χ1n) is 9.27. The van der Waals surface area contributed by atoms with E-state index in [0.29, 0.717) is 11.5 Å². The molecule has 2 aromatic rings. The second-order valence-corrected chi connectivity index (χ2v) is 6.52. The van der Waals surface area contributed by atoms with E-state index in [2.05, 4.69) is 10.3 Å². The van der Waals surface area contributed by atoms with Crippen LogP contribution in [0.3, 0.4) is 0 Å². The lowest BCUT2D eigenvalue weighted by Crippen LogP contribution is -2.42. The van der Waals surface area contributed by atoms with Crippen LogP contribution in [0.15, 0.2) is 41.2 Å². The molecule has 0 spiro atoms. The maximum atomic E-state index is 11.3. The first-order valence-corrected chi connectivity index (χ1v) is 9.27. The molecule has 0 amide bonds. The summed E-state index contributed by atoms with van der Waals surface area (Å²) in [4.78, 5) is 22.4. The zero-order valence-electron chi connectivity index (χ0n) is 16.5. The number of aromatic nitrogens is 3. The Bertz CT molecular complexity index is 863. The Balaban J connectivity index is 1.59. The number of carbonyl (C=O) groups is 2. The Labute approximate surface area is 172 Å². The fourth-order valence-corrected chi connectivity index (χ4v) is 2.84. The van der Waals surface area contributed by atoms with Gasteiger partial charge in [-0.1, -0.05) is 5.21 Å². The largest absolute Gasteiger partial charge is 0.467 e. The van der Waals surface area contributed by atoms with Gasteiger partial charge < -0.3 is 28.5 Å². The summed E-state index contributed by atoms with van der Waals surface area (Å²) in [6.45, 7) is 2.34. The van der Waals surface area contributed by atoms with Gasteiger partial charge in [0, 0.05) is 13.8 Å². The summed E-state index contributed by atoms with van der Waals surface area (Å²) >= 11 is 0. The number of aliphatic hydroxyl groups excluding tert-OH is 1. The molecule has 4 atom stereocenters. The quantitative estimate of drug-likeness (QED) is 0.456. The average Bonchev–Trinajstić information content (AvgIpc) is 3.39. The summed E-state index contributed by atoms with van der Waals surface area (Å²) in [7, 11) is 0. The van der Waals surface area contributed by atoms with Crippen molar-refractivity contribution in [2.24, 2.45) is 0 Å². The number of furan rings is 1. The molecule has 30 heavy (non-hydrogen) atoms.